The van der Waals surface area contributed by atoms with Gasteiger partial charge in [-0.15, -0.1) is 0 Å². The van der Waals surface area contributed by atoms with Gasteiger partial charge < -0.3 is 11.5 Å². The molecule has 0 aliphatic rings. The fraction of sp³-hybridized carbons (Fsp3) is 0.333. The molecular formula is C9H14N2. The van der Waals surface area contributed by atoms with E-state index >= 15 is 0 Å². The van der Waals surface area contributed by atoms with Gasteiger partial charge in [-0.2, -0.15) is 0 Å². The number of aryl methyl sites for hydroxylation is 2. The van der Waals surface area contributed by atoms with Crippen molar-refractivity contribution >= 4 is 5.69 Å². The number of nitrogens with two attached hydrogens (primary N) is 2. The molecule has 60 valence electrons. The average Bonchev–Trinajstić information content (AvgIpc) is 1.97. The van der Waals surface area contributed by atoms with Gasteiger partial charge in [0.2, 0.25) is 0 Å². The topological polar surface area (TPSA) is 52.0 Å². The van der Waals surface area contributed by atoms with Crippen molar-refractivity contribution in [3.05, 3.63) is 28.8 Å². The maximum Gasteiger partial charge on any atom is 0.0347 e. The summed E-state index contributed by atoms with van der Waals surface area (Å²) in [6.45, 7) is 4.62. The van der Waals surface area contributed by atoms with Gasteiger partial charge in [0.25, 0.3) is 0 Å². The zero-order chi connectivity index (χ0) is 8.43. The maximum absolute atomic E-state index is 5.71. The lowest BCUT2D eigenvalue weighted by Crippen LogP contribution is -2.01. The Kier molecular flexibility index (Phi) is 2.15. The largest absolute Gasteiger partial charge is 0.399 e. The molecule has 0 aromatic heterocycles. The zero-order valence-electron chi connectivity index (χ0n) is 7.02. The lowest BCUT2D eigenvalue weighted by atomic mass is 10.0. The third-order valence-corrected chi connectivity index (χ3v) is 1.94. The summed E-state index contributed by atoms with van der Waals surface area (Å²) >= 11 is 0. The fourth-order valence-electron chi connectivity index (χ4n) is 1.14. The average molecular weight is 150 g/mol. The van der Waals surface area contributed by atoms with Crippen molar-refractivity contribution in [3.63, 3.8) is 0 Å². The molecule has 0 unspecified atom stereocenters. The third-order valence-electron chi connectivity index (χ3n) is 1.94. The molecule has 1 aromatic carbocycles. The normalized spacial score (nSPS) is 10.1. The molecule has 0 aliphatic heterocycles. The molecule has 11 heavy (non-hydrogen) atoms. The molecule has 4 N–H and O–H groups in total. The molecule has 0 saturated carbocycles. The van der Waals surface area contributed by atoms with Crippen LogP contribution in [-0.2, 0) is 6.54 Å². The van der Waals surface area contributed by atoms with Crippen LogP contribution in [0.5, 0.6) is 0 Å². The predicted octanol–water partition coefficient (Wildman–Crippen LogP) is 1.34. The first-order valence-electron chi connectivity index (χ1n) is 3.71. The summed E-state index contributed by atoms with van der Waals surface area (Å²) in [5.74, 6) is 0. The zero-order valence-corrected chi connectivity index (χ0v) is 7.02. The molecule has 0 atom stereocenters. The molecule has 0 spiro atoms. The van der Waals surface area contributed by atoms with Crippen molar-refractivity contribution in [1.29, 1.82) is 0 Å². The van der Waals surface area contributed by atoms with Crippen LogP contribution in [0.2, 0.25) is 0 Å². The molecule has 0 radical (unpaired) electrons. The highest BCUT2D eigenvalue weighted by Crippen LogP contribution is 2.16. The number of anilines is 1. The summed E-state index contributed by atoms with van der Waals surface area (Å²) in [5, 5.41) is 0. The molecule has 0 fully saturated rings. The standard InChI is InChI=1S/C9H14N2/c1-6-3-7(2)9(11)4-8(6)5-10/h3-4H,5,10-11H2,1-2H3. The van der Waals surface area contributed by atoms with Crippen LogP contribution >= 0.6 is 0 Å². The van der Waals surface area contributed by atoms with E-state index in [-0.39, 0.29) is 0 Å². The van der Waals surface area contributed by atoms with Crippen LogP contribution in [0.25, 0.3) is 0 Å². The van der Waals surface area contributed by atoms with Crippen molar-refractivity contribution in [2.45, 2.75) is 20.4 Å². The molecule has 0 heterocycles. The predicted molar refractivity (Wildman–Crippen MR) is 48.2 cm³/mol. The number of nitrogen functional groups attached to an aromatic ring is 1. The van der Waals surface area contributed by atoms with Crippen molar-refractivity contribution in [1.82, 2.24) is 0 Å². The van der Waals surface area contributed by atoms with Crippen LogP contribution in [0, 0.1) is 13.8 Å². The van der Waals surface area contributed by atoms with E-state index in [0.717, 1.165) is 16.8 Å². The van der Waals surface area contributed by atoms with Gasteiger partial charge >= 0.3 is 0 Å². The highest BCUT2D eigenvalue weighted by Gasteiger charge is 1.99. The van der Waals surface area contributed by atoms with Crippen molar-refractivity contribution in [3.8, 4) is 0 Å². The van der Waals surface area contributed by atoms with Crippen LogP contribution in [0.1, 0.15) is 16.7 Å². The Balaban J connectivity index is 3.21. The van der Waals surface area contributed by atoms with Crippen LogP contribution in [-0.4, -0.2) is 0 Å². The number of hydrogen-bond donors (Lipinski definition) is 2. The number of rotatable bonds is 1. The Morgan fingerprint density at radius 2 is 1.82 bits per heavy atom. The number of hydrogen-bond acceptors (Lipinski definition) is 2. The number of benzene rings is 1. The van der Waals surface area contributed by atoms with E-state index in [1.165, 1.54) is 5.56 Å². The van der Waals surface area contributed by atoms with Crippen molar-refractivity contribution < 1.29 is 0 Å². The highest BCUT2D eigenvalue weighted by molar-refractivity contribution is 5.51. The quantitative estimate of drug-likeness (QED) is 0.594. The summed E-state index contributed by atoms with van der Waals surface area (Å²) in [7, 11) is 0. The molecule has 2 nitrogen and oxygen atoms in total. The van der Waals surface area contributed by atoms with Crippen LogP contribution in [0.4, 0.5) is 5.69 Å². The van der Waals surface area contributed by atoms with E-state index in [1.54, 1.807) is 0 Å². The summed E-state index contributed by atoms with van der Waals surface area (Å²) in [4.78, 5) is 0. The van der Waals surface area contributed by atoms with E-state index in [9.17, 15) is 0 Å². The van der Waals surface area contributed by atoms with Crippen molar-refractivity contribution in [2.24, 2.45) is 5.73 Å². The first kappa shape index (κ1) is 8.08. The van der Waals surface area contributed by atoms with E-state index in [1.807, 2.05) is 13.0 Å². The highest BCUT2D eigenvalue weighted by atomic mass is 14.6. The molecule has 0 aliphatic carbocycles. The van der Waals surface area contributed by atoms with Crippen molar-refractivity contribution in [2.75, 3.05) is 5.73 Å². The second-order valence-corrected chi connectivity index (χ2v) is 2.84. The minimum Gasteiger partial charge on any atom is -0.399 e. The Morgan fingerprint density at radius 1 is 1.18 bits per heavy atom. The lowest BCUT2D eigenvalue weighted by Gasteiger charge is -2.06. The summed E-state index contributed by atoms with van der Waals surface area (Å²) in [6.07, 6.45) is 0. The molecule has 2 heteroatoms. The SMILES string of the molecule is Cc1cc(C)c(CN)cc1N. The van der Waals surface area contributed by atoms with Gasteiger partial charge in [0, 0.05) is 12.2 Å². The van der Waals surface area contributed by atoms with Gasteiger partial charge in [-0.05, 0) is 36.6 Å². The first-order valence-corrected chi connectivity index (χ1v) is 3.71. The van der Waals surface area contributed by atoms with Gasteiger partial charge in [-0.3, -0.25) is 0 Å². The van der Waals surface area contributed by atoms with Gasteiger partial charge in [0.1, 0.15) is 0 Å². The first-order chi connectivity index (χ1) is 5.15. The van der Waals surface area contributed by atoms with E-state index in [2.05, 4.69) is 13.0 Å². The monoisotopic (exact) mass is 150 g/mol. The second kappa shape index (κ2) is 2.93. The molecule has 0 amide bonds. The second-order valence-electron chi connectivity index (χ2n) is 2.84. The lowest BCUT2D eigenvalue weighted by molar-refractivity contribution is 1.05. The summed E-state index contributed by atoms with van der Waals surface area (Å²) < 4.78 is 0. The van der Waals surface area contributed by atoms with Crippen LogP contribution in [0.15, 0.2) is 12.1 Å². The molecular weight excluding hydrogens is 136 g/mol. The fourth-order valence-corrected chi connectivity index (χ4v) is 1.14. The third kappa shape index (κ3) is 1.52. The van der Waals surface area contributed by atoms with E-state index < -0.39 is 0 Å². The van der Waals surface area contributed by atoms with Crippen LogP contribution < -0.4 is 11.5 Å². The minimum absolute atomic E-state index is 0.566. The Morgan fingerprint density at radius 3 is 2.36 bits per heavy atom. The maximum atomic E-state index is 5.71. The minimum atomic E-state index is 0.566. The van der Waals surface area contributed by atoms with Gasteiger partial charge in [0.05, 0.1) is 0 Å². The molecule has 1 rings (SSSR count). The van der Waals surface area contributed by atoms with Crippen LogP contribution in [0.3, 0.4) is 0 Å². The molecule has 1 aromatic rings. The Labute approximate surface area is 67.2 Å². The summed E-state index contributed by atoms with van der Waals surface area (Å²) in [6, 6.07) is 4.02. The smallest absolute Gasteiger partial charge is 0.0347 e. The summed E-state index contributed by atoms with van der Waals surface area (Å²) in [5.41, 5.74) is 15.5. The molecule has 0 bridgehead atoms. The van der Waals surface area contributed by atoms with Gasteiger partial charge in [-0.25, -0.2) is 0 Å². The van der Waals surface area contributed by atoms with Gasteiger partial charge in [0.15, 0.2) is 0 Å². The van der Waals surface area contributed by atoms with E-state index in [0.29, 0.717) is 6.54 Å². The van der Waals surface area contributed by atoms with E-state index in [4.69, 9.17) is 11.5 Å². The Hall–Kier alpha value is -1.02. The molecule has 0 saturated heterocycles. The Bertz CT molecular complexity index is 267. The van der Waals surface area contributed by atoms with Gasteiger partial charge in [-0.1, -0.05) is 6.07 Å².